The van der Waals surface area contributed by atoms with Gasteiger partial charge in [-0.3, -0.25) is 13.9 Å². The Morgan fingerprint density at radius 2 is 1.46 bits per heavy atom. The van der Waals surface area contributed by atoms with Crippen LogP contribution >= 0.6 is 34.8 Å². The zero-order valence-corrected chi connectivity index (χ0v) is 29.1. The number of hydrogen-bond donors (Lipinski definition) is 1. The van der Waals surface area contributed by atoms with Crippen molar-refractivity contribution in [1.82, 2.24) is 10.2 Å². The van der Waals surface area contributed by atoms with Crippen molar-refractivity contribution in [2.75, 3.05) is 10.8 Å². The van der Waals surface area contributed by atoms with Gasteiger partial charge in [0, 0.05) is 23.5 Å². The van der Waals surface area contributed by atoms with Gasteiger partial charge >= 0.3 is 0 Å². The van der Waals surface area contributed by atoms with Gasteiger partial charge in [-0.05, 0) is 75.2 Å². The number of halogens is 3. The molecular formula is C35H36Cl3N3O4S. The number of amides is 2. The minimum Gasteiger partial charge on any atom is -0.350 e. The van der Waals surface area contributed by atoms with E-state index in [2.05, 4.69) is 5.32 Å². The fourth-order valence-corrected chi connectivity index (χ4v) is 6.96. The predicted octanol–water partition coefficient (Wildman–Crippen LogP) is 7.71. The lowest BCUT2D eigenvalue weighted by molar-refractivity contribution is -0.140. The van der Waals surface area contributed by atoms with E-state index in [1.807, 2.05) is 58.0 Å². The van der Waals surface area contributed by atoms with Crippen molar-refractivity contribution in [3.05, 3.63) is 129 Å². The molecule has 2 amide bonds. The van der Waals surface area contributed by atoms with Crippen molar-refractivity contribution in [2.24, 2.45) is 0 Å². The Morgan fingerprint density at radius 1 is 0.826 bits per heavy atom. The number of rotatable bonds is 11. The first-order chi connectivity index (χ1) is 21.7. The monoisotopic (exact) mass is 699 g/mol. The minimum atomic E-state index is -4.33. The SMILES string of the molecule is Cc1ccc(S(=O)(=O)N(CC(=O)N(Cc2cccc(Cl)c2)[C@@H](Cc2ccccc2)C(=O)NC(C)(C)C)c2cccc(Cl)c2Cl)cc1. The second-order valence-electron chi connectivity index (χ2n) is 12.0. The molecule has 4 aromatic rings. The van der Waals surface area contributed by atoms with Crippen molar-refractivity contribution in [3.8, 4) is 0 Å². The number of anilines is 1. The summed E-state index contributed by atoms with van der Waals surface area (Å²) in [5, 5.41) is 3.56. The molecule has 0 saturated carbocycles. The summed E-state index contributed by atoms with van der Waals surface area (Å²) in [6, 6.07) is 26.1. The molecule has 0 aliphatic heterocycles. The van der Waals surface area contributed by atoms with Gasteiger partial charge in [0.05, 0.1) is 20.6 Å². The Balaban J connectivity index is 1.85. The highest BCUT2D eigenvalue weighted by atomic mass is 35.5. The summed E-state index contributed by atoms with van der Waals surface area (Å²) >= 11 is 19.2. The van der Waals surface area contributed by atoms with Crippen LogP contribution in [-0.4, -0.2) is 43.3 Å². The number of carbonyl (C=O) groups excluding carboxylic acids is 2. The van der Waals surface area contributed by atoms with Crippen molar-refractivity contribution in [2.45, 2.75) is 57.1 Å². The van der Waals surface area contributed by atoms with E-state index in [9.17, 15) is 18.0 Å². The molecule has 11 heteroatoms. The maximum absolute atomic E-state index is 14.6. The largest absolute Gasteiger partial charge is 0.350 e. The van der Waals surface area contributed by atoms with Crippen LogP contribution in [0.15, 0.2) is 102 Å². The Hall–Kier alpha value is -3.56. The Bertz CT molecular complexity index is 1790. The number of hydrogen-bond acceptors (Lipinski definition) is 4. The summed E-state index contributed by atoms with van der Waals surface area (Å²) in [5.41, 5.74) is 1.78. The topological polar surface area (TPSA) is 86.8 Å². The third-order valence-electron chi connectivity index (χ3n) is 7.10. The molecule has 1 atom stereocenters. The van der Waals surface area contributed by atoms with E-state index in [1.165, 1.54) is 29.2 Å². The quantitative estimate of drug-likeness (QED) is 0.174. The fourth-order valence-electron chi connectivity index (χ4n) is 4.87. The van der Waals surface area contributed by atoms with E-state index < -0.39 is 34.1 Å². The molecule has 0 radical (unpaired) electrons. The van der Waals surface area contributed by atoms with Crippen LogP contribution in [0.25, 0.3) is 0 Å². The highest BCUT2D eigenvalue weighted by Gasteiger charge is 2.36. The first-order valence-corrected chi connectivity index (χ1v) is 17.2. The van der Waals surface area contributed by atoms with Crippen molar-refractivity contribution in [1.29, 1.82) is 0 Å². The zero-order chi connectivity index (χ0) is 33.6. The van der Waals surface area contributed by atoms with E-state index >= 15 is 0 Å². The van der Waals surface area contributed by atoms with E-state index in [-0.39, 0.29) is 39.5 Å². The molecule has 242 valence electrons. The smallest absolute Gasteiger partial charge is 0.264 e. The van der Waals surface area contributed by atoms with Crippen molar-refractivity contribution in [3.63, 3.8) is 0 Å². The summed E-state index contributed by atoms with van der Waals surface area (Å²) in [5.74, 6) is -1.02. The first kappa shape index (κ1) is 35.3. The molecule has 0 aliphatic carbocycles. The molecule has 0 heterocycles. The van der Waals surface area contributed by atoms with Crippen LogP contribution in [0, 0.1) is 6.92 Å². The van der Waals surface area contributed by atoms with Gasteiger partial charge < -0.3 is 10.2 Å². The van der Waals surface area contributed by atoms with Crippen LogP contribution in [0.5, 0.6) is 0 Å². The highest BCUT2D eigenvalue weighted by molar-refractivity contribution is 7.92. The normalized spacial score (nSPS) is 12.3. The lowest BCUT2D eigenvalue weighted by Gasteiger charge is -2.35. The lowest BCUT2D eigenvalue weighted by atomic mass is 10.0. The van der Waals surface area contributed by atoms with Gasteiger partial charge in [-0.15, -0.1) is 0 Å². The Kier molecular flexibility index (Phi) is 11.4. The fraction of sp³-hybridized carbons (Fsp3) is 0.257. The van der Waals surface area contributed by atoms with Crippen LogP contribution in [0.3, 0.4) is 0 Å². The number of nitrogens with zero attached hydrogens (tertiary/aromatic N) is 2. The summed E-state index contributed by atoms with van der Waals surface area (Å²) in [4.78, 5) is 29.9. The molecule has 0 unspecified atom stereocenters. The molecule has 46 heavy (non-hydrogen) atoms. The van der Waals surface area contributed by atoms with Gasteiger partial charge in [-0.25, -0.2) is 8.42 Å². The number of carbonyl (C=O) groups is 2. The summed E-state index contributed by atoms with van der Waals surface area (Å²) in [6.45, 7) is 6.72. The van der Waals surface area contributed by atoms with Gasteiger partial charge in [0.2, 0.25) is 11.8 Å². The van der Waals surface area contributed by atoms with Gasteiger partial charge in [-0.1, -0.05) is 101 Å². The lowest BCUT2D eigenvalue weighted by Crippen LogP contribution is -2.56. The summed E-state index contributed by atoms with van der Waals surface area (Å²) in [6.07, 6.45) is 0.178. The number of benzene rings is 4. The minimum absolute atomic E-state index is 0.0177. The van der Waals surface area contributed by atoms with Crippen LogP contribution in [0.1, 0.15) is 37.5 Å². The van der Waals surface area contributed by atoms with E-state index in [0.29, 0.717) is 10.6 Å². The number of nitrogens with one attached hydrogen (secondary N) is 1. The number of aryl methyl sites for hydroxylation is 1. The summed E-state index contributed by atoms with van der Waals surface area (Å²) in [7, 11) is -4.33. The van der Waals surface area contributed by atoms with Crippen molar-refractivity contribution >= 4 is 62.3 Å². The standard InChI is InChI=1S/C35H36Cl3N3O4S/c1-24-16-18-28(19-17-24)46(44,45)41(30-15-9-14-29(37)33(30)38)23-32(42)40(22-26-12-8-13-27(36)20-26)31(34(43)39-35(2,3)4)21-25-10-6-5-7-11-25/h5-20,31H,21-23H2,1-4H3,(H,39,43)/t31-/m0/s1. The molecule has 0 aliphatic rings. The predicted molar refractivity (Wildman–Crippen MR) is 186 cm³/mol. The molecule has 4 rings (SSSR count). The van der Waals surface area contributed by atoms with E-state index in [1.54, 1.807) is 42.5 Å². The molecule has 0 fully saturated rings. The third kappa shape index (κ3) is 9.04. The third-order valence-corrected chi connectivity index (χ3v) is 9.92. The average Bonchev–Trinajstić information content (AvgIpc) is 2.99. The van der Waals surface area contributed by atoms with Crippen molar-refractivity contribution < 1.29 is 18.0 Å². The number of sulfonamides is 1. The Labute approximate surface area is 286 Å². The summed E-state index contributed by atoms with van der Waals surface area (Å²) < 4.78 is 29.4. The zero-order valence-electron chi connectivity index (χ0n) is 26.0. The first-order valence-electron chi connectivity index (χ1n) is 14.6. The average molecular weight is 701 g/mol. The van der Waals surface area contributed by atoms with Gasteiger partial charge in [-0.2, -0.15) is 0 Å². The molecule has 0 aromatic heterocycles. The Morgan fingerprint density at radius 3 is 2.09 bits per heavy atom. The van der Waals surface area contributed by atoms with Gasteiger partial charge in [0.15, 0.2) is 0 Å². The second kappa shape index (κ2) is 14.9. The van der Waals surface area contributed by atoms with E-state index in [0.717, 1.165) is 15.4 Å². The van der Waals surface area contributed by atoms with Crippen LogP contribution < -0.4 is 9.62 Å². The maximum atomic E-state index is 14.6. The second-order valence-corrected chi connectivity index (χ2v) is 15.1. The molecule has 0 bridgehead atoms. The highest BCUT2D eigenvalue weighted by Crippen LogP contribution is 2.36. The molecule has 7 nitrogen and oxygen atoms in total. The van der Waals surface area contributed by atoms with E-state index in [4.69, 9.17) is 34.8 Å². The van der Waals surface area contributed by atoms with Crippen LogP contribution in [0.4, 0.5) is 5.69 Å². The molecule has 0 saturated heterocycles. The molecule has 0 spiro atoms. The molecular weight excluding hydrogens is 665 g/mol. The van der Waals surface area contributed by atoms with Gasteiger partial charge in [0.1, 0.15) is 12.6 Å². The van der Waals surface area contributed by atoms with Crippen LogP contribution in [-0.2, 0) is 32.6 Å². The van der Waals surface area contributed by atoms with Gasteiger partial charge in [0.25, 0.3) is 10.0 Å². The maximum Gasteiger partial charge on any atom is 0.264 e. The molecule has 1 N–H and O–H groups in total. The van der Waals surface area contributed by atoms with Crippen LogP contribution in [0.2, 0.25) is 15.1 Å². The molecule has 4 aromatic carbocycles.